The smallest absolute Gasteiger partial charge is 0.382 e. The average Bonchev–Trinajstić information content (AvgIpc) is 3.28. The maximum absolute atomic E-state index is 13.1. The lowest BCUT2D eigenvalue weighted by Crippen LogP contribution is -2.34. The van der Waals surface area contributed by atoms with E-state index in [1.165, 1.54) is 11.1 Å². The molecule has 0 aliphatic carbocycles. The second-order valence-electron chi connectivity index (χ2n) is 7.99. The number of carbonyl (C=O) groups is 1. The van der Waals surface area contributed by atoms with Gasteiger partial charge in [-0.3, -0.25) is 9.63 Å². The van der Waals surface area contributed by atoms with Crippen molar-refractivity contribution in [2.75, 3.05) is 45.4 Å². The summed E-state index contributed by atoms with van der Waals surface area (Å²) in [6, 6.07) is 10.6. The fourth-order valence-corrected chi connectivity index (χ4v) is 3.96. The molecule has 3 heterocycles. The molecule has 1 saturated heterocycles. The number of methoxy groups -OCH3 is 1. The van der Waals surface area contributed by atoms with Gasteiger partial charge in [-0.15, -0.1) is 15.3 Å². The van der Waals surface area contributed by atoms with Crippen LogP contribution in [0.5, 0.6) is 0 Å². The van der Waals surface area contributed by atoms with Gasteiger partial charge in [-0.1, -0.05) is 12.1 Å². The van der Waals surface area contributed by atoms with Crippen molar-refractivity contribution in [3.05, 3.63) is 53.3 Å². The zero-order valence-electron chi connectivity index (χ0n) is 18.8. The third kappa shape index (κ3) is 5.12. The van der Waals surface area contributed by atoms with Crippen LogP contribution in [0.25, 0.3) is 5.65 Å². The highest BCUT2D eigenvalue weighted by atomic mass is 19.4. The third-order valence-electron chi connectivity index (χ3n) is 5.81. The van der Waals surface area contributed by atoms with Crippen molar-refractivity contribution in [2.24, 2.45) is 0 Å². The van der Waals surface area contributed by atoms with E-state index in [1.807, 2.05) is 17.0 Å². The second kappa shape index (κ2) is 9.94. The Labute approximate surface area is 194 Å². The normalized spacial score (nSPS) is 15.1. The van der Waals surface area contributed by atoms with E-state index in [0.717, 1.165) is 22.9 Å². The van der Waals surface area contributed by atoms with Gasteiger partial charge >= 0.3 is 6.18 Å². The van der Waals surface area contributed by atoms with Crippen molar-refractivity contribution >= 4 is 17.4 Å². The number of rotatable bonds is 7. The number of carbonyl (C=O) groups excluding carboxylic acids is 1. The van der Waals surface area contributed by atoms with Gasteiger partial charge in [0.25, 0.3) is 11.7 Å². The number of halogens is 3. The van der Waals surface area contributed by atoms with Crippen molar-refractivity contribution in [1.29, 1.82) is 0 Å². The molecule has 0 atom stereocenters. The van der Waals surface area contributed by atoms with Crippen LogP contribution in [0, 0.1) is 0 Å². The molecule has 12 heteroatoms. The van der Waals surface area contributed by atoms with Crippen molar-refractivity contribution < 1.29 is 27.5 Å². The first kappa shape index (κ1) is 23.9. The summed E-state index contributed by atoms with van der Waals surface area (Å²) < 4.78 is 45.1. The van der Waals surface area contributed by atoms with Gasteiger partial charge < -0.3 is 9.64 Å². The summed E-state index contributed by atoms with van der Waals surface area (Å²) in [6.07, 6.45) is -3.01. The van der Waals surface area contributed by atoms with Crippen LogP contribution in [-0.4, -0.2) is 71.2 Å². The summed E-state index contributed by atoms with van der Waals surface area (Å²) in [5.74, 6) is -0.649. The standard InChI is InChI=1S/C22H25F3N6O3/c1-29(34-14-13-33-2)20(32)17-5-3-15(4-6-17)16-9-11-30(12-10-16)19-8-7-18-26-27-21(22(23,24)25)31(18)28-19/h3-8,16H,9-14H2,1-2H3. The number of amides is 1. The molecule has 0 N–H and O–H groups in total. The van der Waals surface area contributed by atoms with Crippen LogP contribution in [0.3, 0.4) is 0 Å². The number of benzene rings is 1. The van der Waals surface area contributed by atoms with E-state index in [4.69, 9.17) is 9.57 Å². The Bertz CT molecular complexity index is 1130. The topological polar surface area (TPSA) is 85.1 Å². The Morgan fingerprint density at radius 3 is 2.44 bits per heavy atom. The summed E-state index contributed by atoms with van der Waals surface area (Å²) in [5.41, 5.74) is 1.68. The monoisotopic (exact) mass is 478 g/mol. The molecule has 0 bridgehead atoms. The first-order valence-corrected chi connectivity index (χ1v) is 10.8. The number of hydrogen-bond acceptors (Lipinski definition) is 7. The number of hydroxylamine groups is 2. The molecule has 4 rings (SSSR count). The Hall–Kier alpha value is -3.25. The number of anilines is 1. The summed E-state index contributed by atoms with van der Waals surface area (Å²) in [4.78, 5) is 19.7. The number of nitrogens with zero attached hydrogens (tertiary/aromatic N) is 6. The van der Waals surface area contributed by atoms with Gasteiger partial charge in [-0.05, 0) is 48.6 Å². The summed E-state index contributed by atoms with van der Waals surface area (Å²) in [6.45, 7) is 1.96. The molecule has 3 aromatic rings. The summed E-state index contributed by atoms with van der Waals surface area (Å²) in [7, 11) is 3.12. The Balaban J connectivity index is 1.38. The Morgan fingerprint density at radius 2 is 1.79 bits per heavy atom. The zero-order valence-corrected chi connectivity index (χ0v) is 18.8. The maximum atomic E-state index is 13.1. The predicted molar refractivity (Wildman–Crippen MR) is 116 cm³/mol. The van der Waals surface area contributed by atoms with Gasteiger partial charge in [0.2, 0.25) is 0 Å². The minimum Gasteiger partial charge on any atom is -0.382 e. The van der Waals surface area contributed by atoms with Crippen LogP contribution in [0.1, 0.15) is 40.5 Å². The minimum atomic E-state index is -4.63. The fourth-order valence-electron chi connectivity index (χ4n) is 3.96. The number of alkyl halides is 3. The van der Waals surface area contributed by atoms with Crippen LogP contribution >= 0.6 is 0 Å². The van der Waals surface area contributed by atoms with Crippen LogP contribution in [0.15, 0.2) is 36.4 Å². The molecule has 1 fully saturated rings. The minimum absolute atomic E-state index is 0.0512. The van der Waals surface area contributed by atoms with Gasteiger partial charge in [0.05, 0.1) is 13.2 Å². The maximum Gasteiger partial charge on any atom is 0.453 e. The van der Waals surface area contributed by atoms with Crippen molar-refractivity contribution in [2.45, 2.75) is 24.9 Å². The molecule has 0 radical (unpaired) electrons. The fraction of sp³-hybridized carbons (Fsp3) is 0.455. The van der Waals surface area contributed by atoms with E-state index < -0.39 is 12.0 Å². The van der Waals surface area contributed by atoms with Gasteiger partial charge in [-0.25, -0.2) is 5.06 Å². The summed E-state index contributed by atoms with van der Waals surface area (Å²) >= 11 is 0. The predicted octanol–water partition coefficient (Wildman–Crippen LogP) is 3.18. The highest BCUT2D eigenvalue weighted by Crippen LogP contribution is 2.31. The molecular weight excluding hydrogens is 453 g/mol. The number of ether oxygens (including phenoxy) is 1. The van der Waals surface area contributed by atoms with E-state index >= 15 is 0 Å². The quantitative estimate of drug-likeness (QED) is 0.381. The Kier molecular flexibility index (Phi) is 6.98. The van der Waals surface area contributed by atoms with E-state index in [9.17, 15) is 18.0 Å². The van der Waals surface area contributed by atoms with Gasteiger partial charge in [0.1, 0.15) is 5.82 Å². The van der Waals surface area contributed by atoms with Crippen molar-refractivity contribution in [1.82, 2.24) is 24.9 Å². The largest absolute Gasteiger partial charge is 0.453 e. The van der Waals surface area contributed by atoms with Crippen LogP contribution in [0.2, 0.25) is 0 Å². The van der Waals surface area contributed by atoms with Gasteiger partial charge in [0.15, 0.2) is 5.65 Å². The molecule has 34 heavy (non-hydrogen) atoms. The number of piperidine rings is 1. The first-order valence-electron chi connectivity index (χ1n) is 10.8. The van der Waals surface area contributed by atoms with Crippen LogP contribution in [-0.2, 0) is 15.8 Å². The molecule has 9 nitrogen and oxygen atoms in total. The van der Waals surface area contributed by atoms with Crippen LogP contribution in [0.4, 0.5) is 19.0 Å². The molecule has 1 aromatic carbocycles. The van der Waals surface area contributed by atoms with Crippen molar-refractivity contribution in [3.8, 4) is 0 Å². The van der Waals surface area contributed by atoms with E-state index in [-0.39, 0.29) is 24.1 Å². The number of fused-ring (bicyclic) bond motifs is 1. The van der Waals surface area contributed by atoms with E-state index in [1.54, 1.807) is 32.4 Å². The molecule has 182 valence electrons. The van der Waals surface area contributed by atoms with E-state index in [0.29, 0.717) is 31.1 Å². The lowest BCUT2D eigenvalue weighted by molar-refractivity contribution is -0.146. The van der Waals surface area contributed by atoms with Crippen molar-refractivity contribution in [3.63, 3.8) is 0 Å². The molecular formula is C22H25F3N6O3. The highest BCUT2D eigenvalue weighted by Gasteiger charge is 2.38. The molecule has 1 aliphatic heterocycles. The lowest BCUT2D eigenvalue weighted by Gasteiger charge is -2.33. The molecule has 0 unspecified atom stereocenters. The third-order valence-corrected chi connectivity index (χ3v) is 5.81. The van der Waals surface area contributed by atoms with Gasteiger partial charge in [0, 0.05) is 32.8 Å². The second-order valence-corrected chi connectivity index (χ2v) is 7.99. The number of hydrogen-bond donors (Lipinski definition) is 0. The number of aromatic nitrogens is 4. The summed E-state index contributed by atoms with van der Waals surface area (Å²) in [5, 5.41) is 12.1. The lowest BCUT2D eigenvalue weighted by atomic mass is 9.89. The molecule has 2 aromatic heterocycles. The Morgan fingerprint density at radius 1 is 1.09 bits per heavy atom. The van der Waals surface area contributed by atoms with Crippen LogP contribution < -0.4 is 4.90 Å². The molecule has 1 amide bonds. The first-order chi connectivity index (χ1) is 16.3. The SMILES string of the molecule is COCCON(C)C(=O)c1ccc(C2CCN(c3ccc4nnc(C(F)(F)F)n4n3)CC2)cc1. The molecule has 0 spiro atoms. The highest BCUT2D eigenvalue weighted by molar-refractivity contribution is 5.93. The average molecular weight is 478 g/mol. The van der Waals surface area contributed by atoms with Gasteiger partial charge in [-0.2, -0.15) is 17.7 Å². The molecule has 1 aliphatic rings. The van der Waals surface area contributed by atoms with E-state index in [2.05, 4.69) is 15.3 Å². The zero-order chi connectivity index (χ0) is 24.3. The molecule has 0 saturated carbocycles.